The molecule has 0 bridgehead atoms. The summed E-state index contributed by atoms with van der Waals surface area (Å²) in [5.41, 5.74) is 2.32. The lowest BCUT2D eigenvalue weighted by atomic mass is 10.2. The Kier molecular flexibility index (Phi) is 3.31. The van der Waals surface area contributed by atoms with Crippen LogP contribution >= 0.6 is 11.8 Å². The van der Waals surface area contributed by atoms with Crippen molar-refractivity contribution in [2.75, 3.05) is 18.1 Å². The van der Waals surface area contributed by atoms with Crippen molar-refractivity contribution < 1.29 is 0 Å². The van der Waals surface area contributed by atoms with E-state index >= 15 is 0 Å². The first kappa shape index (κ1) is 12.1. The van der Waals surface area contributed by atoms with Crippen LogP contribution in [0.2, 0.25) is 0 Å². The molecule has 2 aromatic rings. The molecule has 2 atom stereocenters. The Morgan fingerprint density at radius 2 is 2.17 bits per heavy atom. The van der Waals surface area contributed by atoms with Crippen molar-refractivity contribution in [3.05, 3.63) is 30.1 Å². The van der Waals surface area contributed by atoms with Gasteiger partial charge in [0.05, 0.1) is 17.1 Å². The van der Waals surface area contributed by atoms with Crippen LogP contribution in [0, 0.1) is 5.92 Å². The van der Waals surface area contributed by atoms with Gasteiger partial charge in [0.25, 0.3) is 0 Å². The molecule has 3 nitrogen and oxygen atoms in total. The lowest BCUT2D eigenvalue weighted by Gasteiger charge is -2.15. The molecule has 0 spiro atoms. The molecular formula is C14H19N3S. The molecule has 2 heterocycles. The Morgan fingerprint density at radius 3 is 3.00 bits per heavy atom. The SMILES string of the molecule is CC1CNC(c2nc3ccccc3n2C)CSC1. The Bertz CT molecular complexity index is 549. The number of benzene rings is 1. The molecule has 3 rings (SSSR count). The summed E-state index contributed by atoms with van der Waals surface area (Å²) in [6.07, 6.45) is 0. The minimum Gasteiger partial charge on any atom is -0.330 e. The molecule has 1 fully saturated rings. The molecule has 2 unspecified atom stereocenters. The predicted octanol–water partition coefficient (Wildman–Crippen LogP) is 2.59. The Balaban J connectivity index is 1.96. The van der Waals surface area contributed by atoms with E-state index in [2.05, 4.69) is 48.1 Å². The van der Waals surface area contributed by atoms with E-state index in [0.717, 1.165) is 29.6 Å². The third kappa shape index (κ3) is 2.15. The van der Waals surface area contributed by atoms with Gasteiger partial charge >= 0.3 is 0 Å². The lowest BCUT2D eigenvalue weighted by Crippen LogP contribution is -2.27. The highest BCUT2D eigenvalue weighted by Gasteiger charge is 2.21. The molecule has 0 saturated carbocycles. The van der Waals surface area contributed by atoms with Crippen LogP contribution in [-0.4, -0.2) is 27.6 Å². The quantitative estimate of drug-likeness (QED) is 0.855. The van der Waals surface area contributed by atoms with Crippen LogP contribution in [0.1, 0.15) is 18.8 Å². The average Bonchev–Trinajstić information content (AvgIpc) is 2.57. The number of imidazole rings is 1. The first-order chi connectivity index (χ1) is 8.75. The second kappa shape index (κ2) is 4.94. The summed E-state index contributed by atoms with van der Waals surface area (Å²) >= 11 is 2.03. The fourth-order valence-corrected chi connectivity index (χ4v) is 3.65. The number of fused-ring (bicyclic) bond motifs is 1. The number of hydrogen-bond acceptors (Lipinski definition) is 3. The van der Waals surface area contributed by atoms with Crippen LogP contribution in [0.3, 0.4) is 0 Å². The highest BCUT2D eigenvalue weighted by Crippen LogP contribution is 2.25. The third-order valence-corrected chi connectivity index (χ3v) is 4.91. The summed E-state index contributed by atoms with van der Waals surface area (Å²) in [6.45, 7) is 3.39. The normalized spacial score (nSPS) is 25.2. The number of thioether (sulfide) groups is 1. The van der Waals surface area contributed by atoms with E-state index in [1.807, 2.05) is 11.8 Å². The van der Waals surface area contributed by atoms with Crippen molar-refractivity contribution in [1.29, 1.82) is 0 Å². The molecule has 4 heteroatoms. The molecule has 0 amide bonds. The summed E-state index contributed by atoms with van der Waals surface area (Å²) in [6, 6.07) is 8.72. The molecule has 1 aliphatic rings. The van der Waals surface area contributed by atoms with Gasteiger partial charge in [-0.3, -0.25) is 0 Å². The van der Waals surface area contributed by atoms with Crippen molar-refractivity contribution in [2.24, 2.45) is 13.0 Å². The van der Waals surface area contributed by atoms with Gasteiger partial charge in [0, 0.05) is 12.8 Å². The van der Waals surface area contributed by atoms with E-state index in [0.29, 0.717) is 6.04 Å². The Labute approximate surface area is 112 Å². The first-order valence-corrected chi connectivity index (χ1v) is 7.63. The van der Waals surface area contributed by atoms with Gasteiger partial charge in [-0.1, -0.05) is 19.1 Å². The second-order valence-electron chi connectivity index (χ2n) is 5.12. The van der Waals surface area contributed by atoms with Crippen LogP contribution in [0.25, 0.3) is 11.0 Å². The number of para-hydroxylation sites is 2. The van der Waals surface area contributed by atoms with Gasteiger partial charge < -0.3 is 9.88 Å². The Morgan fingerprint density at radius 1 is 1.33 bits per heavy atom. The zero-order valence-electron chi connectivity index (χ0n) is 10.9. The smallest absolute Gasteiger partial charge is 0.127 e. The fourth-order valence-electron chi connectivity index (χ4n) is 2.49. The van der Waals surface area contributed by atoms with Crippen LogP contribution in [0.15, 0.2) is 24.3 Å². The highest BCUT2D eigenvalue weighted by molar-refractivity contribution is 7.99. The molecule has 1 aliphatic heterocycles. The molecule has 1 aromatic heterocycles. The third-order valence-electron chi connectivity index (χ3n) is 3.53. The lowest BCUT2D eigenvalue weighted by molar-refractivity contribution is 0.495. The predicted molar refractivity (Wildman–Crippen MR) is 77.9 cm³/mol. The number of nitrogens with one attached hydrogen (secondary N) is 1. The highest BCUT2D eigenvalue weighted by atomic mass is 32.2. The summed E-state index contributed by atoms with van der Waals surface area (Å²) in [5, 5.41) is 3.65. The standard InChI is InChI=1S/C14H19N3S/c1-10-7-15-12(9-18-8-10)14-16-11-5-3-4-6-13(11)17(14)2/h3-6,10,12,15H,7-9H2,1-2H3. The number of aromatic nitrogens is 2. The van der Waals surface area contributed by atoms with Crippen LogP contribution < -0.4 is 5.32 Å². The fraction of sp³-hybridized carbons (Fsp3) is 0.500. The maximum absolute atomic E-state index is 4.79. The number of aryl methyl sites for hydroxylation is 1. The largest absolute Gasteiger partial charge is 0.330 e. The van der Waals surface area contributed by atoms with Gasteiger partial charge in [0.15, 0.2) is 0 Å². The van der Waals surface area contributed by atoms with E-state index < -0.39 is 0 Å². The van der Waals surface area contributed by atoms with Crippen LogP contribution in [-0.2, 0) is 7.05 Å². The van der Waals surface area contributed by atoms with Gasteiger partial charge in [-0.2, -0.15) is 11.8 Å². The molecule has 0 radical (unpaired) electrons. The monoisotopic (exact) mass is 261 g/mol. The number of nitrogens with zero attached hydrogens (tertiary/aromatic N) is 2. The van der Waals surface area contributed by atoms with Crippen molar-refractivity contribution in [3.8, 4) is 0 Å². The van der Waals surface area contributed by atoms with Gasteiger partial charge in [-0.05, 0) is 30.3 Å². The number of rotatable bonds is 1. The molecular weight excluding hydrogens is 242 g/mol. The van der Waals surface area contributed by atoms with Crippen LogP contribution in [0.4, 0.5) is 0 Å². The number of hydrogen-bond donors (Lipinski definition) is 1. The summed E-state index contributed by atoms with van der Waals surface area (Å²) < 4.78 is 2.23. The van der Waals surface area contributed by atoms with E-state index in [9.17, 15) is 0 Å². The minimum absolute atomic E-state index is 0.373. The van der Waals surface area contributed by atoms with Crippen molar-refractivity contribution in [1.82, 2.24) is 14.9 Å². The van der Waals surface area contributed by atoms with Gasteiger partial charge in [0.1, 0.15) is 5.82 Å². The van der Waals surface area contributed by atoms with Crippen LogP contribution in [0.5, 0.6) is 0 Å². The molecule has 0 aliphatic carbocycles. The maximum Gasteiger partial charge on any atom is 0.127 e. The van der Waals surface area contributed by atoms with Gasteiger partial charge in [-0.25, -0.2) is 4.98 Å². The summed E-state index contributed by atoms with van der Waals surface area (Å²) in [5.74, 6) is 4.27. The van der Waals surface area contributed by atoms with Crippen molar-refractivity contribution in [2.45, 2.75) is 13.0 Å². The van der Waals surface area contributed by atoms with Gasteiger partial charge in [-0.15, -0.1) is 0 Å². The zero-order chi connectivity index (χ0) is 12.5. The van der Waals surface area contributed by atoms with E-state index in [4.69, 9.17) is 4.98 Å². The summed E-state index contributed by atoms with van der Waals surface area (Å²) in [7, 11) is 2.12. The molecule has 96 valence electrons. The minimum atomic E-state index is 0.373. The molecule has 1 saturated heterocycles. The first-order valence-electron chi connectivity index (χ1n) is 6.48. The second-order valence-corrected chi connectivity index (χ2v) is 6.20. The summed E-state index contributed by atoms with van der Waals surface area (Å²) in [4.78, 5) is 4.79. The molecule has 1 aromatic carbocycles. The average molecular weight is 261 g/mol. The molecule has 18 heavy (non-hydrogen) atoms. The van der Waals surface area contributed by atoms with E-state index in [1.165, 1.54) is 11.3 Å². The van der Waals surface area contributed by atoms with Crippen molar-refractivity contribution >= 4 is 22.8 Å². The Hall–Kier alpha value is -1.000. The topological polar surface area (TPSA) is 29.9 Å². The van der Waals surface area contributed by atoms with Gasteiger partial charge in [0.2, 0.25) is 0 Å². The molecule has 1 N–H and O–H groups in total. The van der Waals surface area contributed by atoms with Crippen molar-refractivity contribution in [3.63, 3.8) is 0 Å². The zero-order valence-corrected chi connectivity index (χ0v) is 11.7. The van der Waals surface area contributed by atoms with E-state index in [-0.39, 0.29) is 0 Å². The maximum atomic E-state index is 4.79. The van der Waals surface area contributed by atoms with E-state index in [1.54, 1.807) is 0 Å².